The SMILES string of the molecule is C[C@@H]1CN(CC(=O)N2CC(C)(C)c3nc(CO)c(Cc4ccccc4F)cc32)CCN1. The van der Waals surface area contributed by atoms with Crippen molar-refractivity contribution in [3.8, 4) is 0 Å². The van der Waals surface area contributed by atoms with Crippen molar-refractivity contribution in [2.75, 3.05) is 37.6 Å². The summed E-state index contributed by atoms with van der Waals surface area (Å²) in [6.07, 6.45) is 0.320. The molecular weight excluding hydrogens is 395 g/mol. The molecule has 1 amide bonds. The number of carbonyl (C=O) groups is 1. The molecule has 1 aromatic carbocycles. The maximum atomic E-state index is 14.2. The van der Waals surface area contributed by atoms with Gasteiger partial charge < -0.3 is 15.3 Å². The smallest absolute Gasteiger partial charge is 0.241 e. The number of benzene rings is 1. The minimum Gasteiger partial charge on any atom is -0.390 e. The van der Waals surface area contributed by atoms with Gasteiger partial charge in [-0.05, 0) is 30.2 Å². The van der Waals surface area contributed by atoms with E-state index >= 15 is 0 Å². The number of amides is 1. The van der Waals surface area contributed by atoms with Gasteiger partial charge in [-0.2, -0.15) is 0 Å². The zero-order valence-electron chi connectivity index (χ0n) is 18.5. The highest BCUT2D eigenvalue weighted by Gasteiger charge is 2.40. The van der Waals surface area contributed by atoms with Gasteiger partial charge >= 0.3 is 0 Å². The third kappa shape index (κ3) is 4.49. The number of rotatable bonds is 5. The fraction of sp³-hybridized carbons (Fsp3) is 0.500. The first-order valence-electron chi connectivity index (χ1n) is 10.9. The van der Waals surface area contributed by atoms with Crippen LogP contribution in [-0.4, -0.2) is 59.7 Å². The Labute approximate surface area is 183 Å². The van der Waals surface area contributed by atoms with Crippen molar-refractivity contribution in [2.24, 2.45) is 0 Å². The van der Waals surface area contributed by atoms with Crippen LogP contribution in [0.3, 0.4) is 0 Å². The molecule has 2 aliphatic rings. The first-order chi connectivity index (χ1) is 14.8. The summed E-state index contributed by atoms with van der Waals surface area (Å²) in [6.45, 7) is 9.52. The van der Waals surface area contributed by atoms with Crippen LogP contribution in [0.4, 0.5) is 10.1 Å². The summed E-state index contributed by atoms with van der Waals surface area (Å²) in [4.78, 5) is 22.0. The molecule has 0 radical (unpaired) electrons. The predicted molar refractivity (Wildman–Crippen MR) is 119 cm³/mol. The normalized spacial score (nSPS) is 20.7. The lowest BCUT2D eigenvalue weighted by molar-refractivity contribution is -0.120. The highest BCUT2D eigenvalue weighted by Crippen LogP contribution is 2.40. The maximum absolute atomic E-state index is 14.2. The first kappa shape index (κ1) is 21.9. The number of piperazine rings is 1. The fourth-order valence-electron chi connectivity index (χ4n) is 4.63. The van der Waals surface area contributed by atoms with Crippen molar-refractivity contribution in [3.63, 3.8) is 0 Å². The highest BCUT2D eigenvalue weighted by molar-refractivity contribution is 5.97. The van der Waals surface area contributed by atoms with E-state index in [9.17, 15) is 14.3 Å². The molecule has 0 spiro atoms. The van der Waals surface area contributed by atoms with Gasteiger partial charge in [-0.1, -0.05) is 32.0 Å². The number of anilines is 1. The topological polar surface area (TPSA) is 68.7 Å². The van der Waals surface area contributed by atoms with E-state index in [4.69, 9.17) is 4.98 Å². The summed E-state index contributed by atoms with van der Waals surface area (Å²) in [7, 11) is 0. The van der Waals surface area contributed by atoms with Gasteiger partial charge in [0.1, 0.15) is 5.82 Å². The Morgan fingerprint density at radius 1 is 1.32 bits per heavy atom. The number of aliphatic hydroxyl groups is 1. The summed E-state index contributed by atoms with van der Waals surface area (Å²) in [5, 5.41) is 13.3. The van der Waals surface area contributed by atoms with Crippen LogP contribution in [0.1, 0.15) is 43.3 Å². The molecule has 2 aromatic rings. The van der Waals surface area contributed by atoms with Gasteiger partial charge in [0, 0.05) is 44.1 Å². The second-order valence-corrected chi connectivity index (χ2v) is 9.34. The number of fused-ring (bicyclic) bond motifs is 1. The van der Waals surface area contributed by atoms with E-state index in [0.29, 0.717) is 36.8 Å². The molecule has 0 saturated carbocycles. The van der Waals surface area contributed by atoms with Crippen LogP contribution < -0.4 is 10.2 Å². The largest absolute Gasteiger partial charge is 0.390 e. The average molecular weight is 427 g/mol. The van der Waals surface area contributed by atoms with Crippen molar-refractivity contribution in [1.29, 1.82) is 0 Å². The van der Waals surface area contributed by atoms with E-state index in [2.05, 4.69) is 31.0 Å². The molecule has 7 heteroatoms. The molecule has 1 saturated heterocycles. The number of aliphatic hydroxyl groups excluding tert-OH is 1. The van der Waals surface area contributed by atoms with Gasteiger partial charge in [-0.15, -0.1) is 0 Å². The van der Waals surface area contributed by atoms with E-state index < -0.39 is 0 Å². The summed E-state index contributed by atoms with van der Waals surface area (Å²) < 4.78 is 14.2. The van der Waals surface area contributed by atoms with Crippen molar-refractivity contribution >= 4 is 11.6 Å². The summed E-state index contributed by atoms with van der Waals surface area (Å²) in [5.41, 5.74) is 3.11. The number of aromatic nitrogens is 1. The van der Waals surface area contributed by atoms with Crippen LogP contribution in [0.5, 0.6) is 0 Å². The molecule has 31 heavy (non-hydrogen) atoms. The number of hydrogen-bond acceptors (Lipinski definition) is 5. The van der Waals surface area contributed by atoms with Gasteiger partial charge in [0.05, 0.1) is 30.2 Å². The Balaban J connectivity index is 1.65. The first-order valence-corrected chi connectivity index (χ1v) is 10.9. The Morgan fingerprint density at radius 3 is 2.81 bits per heavy atom. The standard InChI is InChI=1S/C24H31FN4O2/c1-16-12-28(9-8-26-16)13-22(31)29-15-24(2,3)23-21(29)11-18(20(14-30)27-23)10-17-6-4-5-7-19(17)25/h4-7,11,16,26,30H,8-10,12-15H2,1-3H3/t16-/m1/s1. The molecule has 1 atom stereocenters. The maximum Gasteiger partial charge on any atom is 0.241 e. The Morgan fingerprint density at radius 2 is 2.10 bits per heavy atom. The van der Waals surface area contributed by atoms with Crippen molar-refractivity contribution in [3.05, 3.63) is 58.7 Å². The van der Waals surface area contributed by atoms with E-state index in [1.807, 2.05) is 11.0 Å². The molecule has 6 nitrogen and oxygen atoms in total. The zero-order valence-corrected chi connectivity index (χ0v) is 18.5. The third-order valence-electron chi connectivity index (χ3n) is 6.26. The van der Waals surface area contributed by atoms with Gasteiger partial charge in [0.2, 0.25) is 5.91 Å². The van der Waals surface area contributed by atoms with Crippen LogP contribution >= 0.6 is 0 Å². The van der Waals surface area contributed by atoms with Gasteiger partial charge in [0.15, 0.2) is 0 Å². The van der Waals surface area contributed by atoms with Crippen molar-refractivity contribution in [2.45, 2.75) is 45.3 Å². The molecule has 1 aromatic heterocycles. The van der Waals surface area contributed by atoms with Gasteiger partial charge in [-0.25, -0.2) is 4.39 Å². The second kappa shape index (κ2) is 8.65. The minimum atomic E-state index is -0.317. The summed E-state index contributed by atoms with van der Waals surface area (Å²) >= 11 is 0. The number of carbonyl (C=O) groups excluding carboxylic acids is 1. The van der Waals surface area contributed by atoms with E-state index in [-0.39, 0.29) is 23.7 Å². The number of halogens is 1. The third-order valence-corrected chi connectivity index (χ3v) is 6.26. The lowest BCUT2D eigenvalue weighted by Gasteiger charge is -2.32. The summed E-state index contributed by atoms with van der Waals surface area (Å²) in [6, 6.07) is 8.92. The minimum absolute atomic E-state index is 0.0521. The molecule has 0 unspecified atom stereocenters. The van der Waals surface area contributed by atoms with E-state index in [0.717, 1.165) is 36.6 Å². The quantitative estimate of drug-likeness (QED) is 0.768. The predicted octanol–water partition coefficient (Wildman–Crippen LogP) is 2.22. The Bertz CT molecular complexity index is 978. The number of hydrogen-bond donors (Lipinski definition) is 2. The number of pyridine rings is 1. The lowest BCUT2D eigenvalue weighted by atomic mass is 9.90. The lowest BCUT2D eigenvalue weighted by Crippen LogP contribution is -2.52. The molecule has 4 rings (SSSR count). The van der Waals surface area contributed by atoms with Crippen molar-refractivity contribution in [1.82, 2.24) is 15.2 Å². The van der Waals surface area contributed by atoms with Crippen LogP contribution in [-0.2, 0) is 23.2 Å². The van der Waals surface area contributed by atoms with Crippen LogP contribution in [0.15, 0.2) is 30.3 Å². The van der Waals surface area contributed by atoms with Crippen LogP contribution in [0.25, 0.3) is 0 Å². The zero-order chi connectivity index (χ0) is 22.2. The van der Waals surface area contributed by atoms with E-state index in [1.165, 1.54) is 6.07 Å². The average Bonchev–Trinajstić information content (AvgIpc) is 2.99. The molecule has 166 valence electrons. The molecule has 3 heterocycles. The van der Waals surface area contributed by atoms with Crippen LogP contribution in [0.2, 0.25) is 0 Å². The monoisotopic (exact) mass is 426 g/mol. The van der Waals surface area contributed by atoms with Gasteiger partial charge in [0.25, 0.3) is 0 Å². The number of nitrogens with one attached hydrogen (secondary N) is 1. The Kier molecular flexibility index (Phi) is 6.10. The molecular formula is C24H31FN4O2. The fourth-order valence-corrected chi connectivity index (χ4v) is 4.63. The van der Waals surface area contributed by atoms with Crippen LogP contribution in [0, 0.1) is 5.82 Å². The van der Waals surface area contributed by atoms with Crippen molar-refractivity contribution < 1.29 is 14.3 Å². The Hall–Kier alpha value is -2.35. The molecule has 2 aliphatic heterocycles. The number of nitrogens with zero attached hydrogens (tertiary/aromatic N) is 3. The summed E-state index contributed by atoms with van der Waals surface area (Å²) in [5.74, 6) is -0.232. The molecule has 0 aliphatic carbocycles. The van der Waals surface area contributed by atoms with Gasteiger partial charge in [-0.3, -0.25) is 14.7 Å². The molecule has 2 N–H and O–H groups in total. The highest BCUT2D eigenvalue weighted by atomic mass is 19.1. The second-order valence-electron chi connectivity index (χ2n) is 9.34. The molecule has 1 fully saturated rings. The van der Waals surface area contributed by atoms with E-state index in [1.54, 1.807) is 18.2 Å². The molecule has 0 bridgehead atoms.